The van der Waals surface area contributed by atoms with Crippen molar-refractivity contribution >= 4 is 22.5 Å². The van der Waals surface area contributed by atoms with E-state index in [1.807, 2.05) is 32.2 Å². The molecule has 0 spiro atoms. The van der Waals surface area contributed by atoms with Crippen LogP contribution in [0.15, 0.2) is 47.6 Å². The van der Waals surface area contributed by atoms with E-state index in [0.29, 0.717) is 18.9 Å². The lowest BCUT2D eigenvalue weighted by molar-refractivity contribution is 0.629. The lowest BCUT2D eigenvalue weighted by Crippen LogP contribution is -2.23. The Morgan fingerprint density at radius 2 is 1.92 bits per heavy atom. The average molecular weight is 324 g/mol. The lowest BCUT2D eigenvalue weighted by atomic mass is 10.1. The fraction of sp³-hybridized carbons (Fsp3) is 0.211. The molecule has 0 aliphatic heterocycles. The van der Waals surface area contributed by atoms with Crippen molar-refractivity contribution in [2.75, 3.05) is 11.9 Å². The number of H-pyrrole nitrogens is 1. The van der Waals surface area contributed by atoms with E-state index < -0.39 is 0 Å². The van der Waals surface area contributed by atoms with Crippen molar-refractivity contribution in [3.05, 3.63) is 65.1 Å². The number of fused-ring (bicyclic) bond motifs is 1. The molecular formula is C19H21FN4. The predicted molar refractivity (Wildman–Crippen MR) is 98.0 cm³/mol. The molecule has 0 atom stereocenters. The number of rotatable bonds is 4. The Labute approximate surface area is 140 Å². The van der Waals surface area contributed by atoms with E-state index in [4.69, 9.17) is 5.73 Å². The smallest absolute Gasteiger partial charge is 0.193 e. The zero-order valence-corrected chi connectivity index (χ0v) is 13.9. The topological polar surface area (TPSA) is 66.2 Å². The van der Waals surface area contributed by atoms with E-state index in [1.165, 1.54) is 17.2 Å². The molecule has 4 nitrogen and oxygen atoms in total. The first-order valence-electron chi connectivity index (χ1n) is 7.92. The minimum absolute atomic E-state index is 0.233. The Kier molecular flexibility index (Phi) is 4.51. The fourth-order valence-electron chi connectivity index (χ4n) is 2.89. The van der Waals surface area contributed by atoms with Gasteiger partial charge in [0.25, 0.3) is 0 Å². The summed E-state index contributed by atoms with van der Waals surface area (Å²) in [4.78, 5) is 7.50. The first kappa shape index (κ1) is 16.1. The highest BCUT2D eigenvalue weighted by Gasteiger charge is 2.04. The van der Waals surface area contributed by atoms with Gasteiger partial charge < -0.3 is 16.0 Å². The molecular weight excluding hydrogens is 303 g/mol. The number of anilines is 1. The summed E-state index contributed by atoms with van der Waals surface area (Å²) < 4.78 is 13.4. The van der Waals surface area contributed by atoms with Gasteiger partial charge in [0, 0.05) is 29.3 Å². The van der Waals surface area contributed by atoms with E-state index in [1.54, 1.807) is 12.1 Å². The molecule has 124 valence electrons. The Balaban J connectivity index is 1.65. The van der Waals surface area contributed by atoms with Gasteiger partial charge in [-0.05, 0) is 67.3 Å². The van der Waals surface area contributed by atoms with Gasteiger partial charge in [0.05, 0.1) is 0 Å². The van der Waals surface area contributed by atoms with E-state index in [9.17, 15) is 4.39 Å². The monoisotopic (exact) mass is 324 g/mol. The van der Waals surface area contributed by atoms with E-state index in [2.05, 4.69) is 21.4 Å². The molecule has 0 saturated carbocycles. The van der Waals surface area contributed by atoms with Crippen molar-refractivity contribution in [3.8, 4) is 0 Å². The summed E-state index contributed by atoms with van der Waals surface area (Å²) in [6, 6.07) is 10.9. The van der Waals surface area contributed by atoms with Crippen molar-refractivity contribution in [1.82, 2.24) is 4.98 Å². The molecule has 4 N–H and O–H groups in total. The van der Waals surface area contributed by atoms with Crippen LogP contribution < -0.4 is 11.1 Å². The van der Waals surface area contributed by atoms with Crippen LogP contribution in [0.3, 0.4) is 0 Å². The van der Waals surface area contributed by atoms with Crippen LogP contribution in [0.1, 0.15) is 16.7 Å². The van der Waals surface area contributed by atoms with E-state index >= 15 is 0 Å². The number of aliphatic imine (C=N–C) groups is 1. The number of guanidine groups is 1. The molecule has 1 aromatic heterocycles. The minimum atomic E-state index is -0.233. The third-order valence-electron chi connectivity index (χ3n) is 3.89. The summed E-state index contributed by atoms with van der Waals surface area (Å²) in [5.74, 6) is 0.147. The van der Waals surface area contributed by atoms with Gasteiger partial charge in [-0.1, -0.05) is 6.07 Å². The van der Waals surface area contributed by atoms with Crippen molar-refractivity contribution in [2.24, 2.45) is 10.7 Å². The van der Waals surface area contributed by atoms with Crippen molar-refractivity contribution in [1.29, 1.82) is 0 Å². The summed E-state index contributed by atoms with van der Waals surface area (Å²) in [5, 5.41) is 4.00. The van der Waals surface area contributed by atoms with Crippen LogP contribution in [-0.2, 0) is 6.42 Å². The molecule has 0 radical (unpaired) electrons. The normalized spacial score (nSPS) is 11.9. The molecule has 1 heterocycles. The maximum atomic E-state index is 13.4. The predicted octanol–water partition coefficient (Wildman–Crippen LogP) is 3.89. The second-order valence-electron chi connectivity index (χ2n) is 6.02. The van der Waals surface area contributed by atoms with Gasteiger partial charge in [0.15, 0.2) is 5.96 Å². The third kappa shape index (κ3) is 3.74. The van der Waals surface area contributed by atoms with Gasteiger partial charge in [0.1, 0.15) is 5.82 Å². The van der Waals surface area contributed by atoms with Gasteiger partial charge >= 0.3 is 0 Å². The van der Waals surface area contributed by atoms with Crippen molar-refractivity contribution in [3.63, 3.8) is 0 Å². The molecule has 0 aliphatic carbocycles. The minimum Gasteiger partial charge on any atom is -0.370 e. The fourth-order valence-corrected chi connectivity index (χ4v) is 2.89. The highest BCUT2D eigenvalue weighted by atomic mass is 19.1. The van der Waals surface area contributed by atoms with Gasteiger partial charge in [-0.3, -0.25) is 4.99 Å². The van der Waals surface area contributed by atoms with Gasteiger partial charge in [-0.15, -0.1) is 0 Å². The molecule has 0 fully saturated rings. The number of nitrogens with zero attached hydrogens (tertiary/aromatic N) is 1. The molecule has 2 aromatic carbocycles. The van der Waals surface area contributed by atoms with E-state index in [-0.39, 0.29) is 5.82 Å². The summed E-state index contributed by atoms with van der Waals surface area (Å²) in [7, 11) is 0. The summed E-state index contributed by atoms with van der Waals surface area (Å²) in [5.41, 5.74) is 11.2. The first-order chi connectivity index (χ1) is 11.5. The largest absolute Gasteiger partial charge is 0.370 e. The first-order valence-corrected chi connectivity index (χ1v) is 7.92. The summed E-state index contributed by atoms with van der Waals surface area (Å²) in [6.45, 7) is 4.62. The number of nitrogens with two attached hydrogens (primary N) is 1. The van der Waals surface area contributed by atoms with Gasteiger partial charge in [0.2, 0.25) is 0 Å². The van der Waals surface area contributed by atoms with Crippen LogP contribution in [0.2, 0.25) is 0 Å². The maximum Gasteiger partial charge on any atom is 0.193 e. The lowest BCUT2D eigenvalue weighted by Gasteiger charge is -2.08. The van der Waals surface area contributed by atoms with Gasteiger partial charge in [-0.2, -0.15) is 0 Å². The number of hydrogen-bond donors (Lipinski definition) is 3. The number of benzene rings is 2. The second kappa shape index (κ2) is 6.74. The molecule has 0 saturated heterocycles. The Bertz CT molecular complexity index is 875. The SMILES string of the molecule is Cc1cc(C)cc(NC(N)=NCCc2c[nH]c3ccc(F)cc23)c1. The molecule has 3 aromatic rings. The van der Waals surface area contributed by atoms with Crippen LogP contribution in [0.4, 0.5) is 10.1 Å². The highest BCUT2D eigenvalue weighted by molar-refractivity contribution is 5.92. The molecule has 5 heteroatoms. The molecule has 0 bridgehead atoms. The number of aryl methyl sites for hydroxylation is 2. The maximum absolute atomic E-state index is 13.4. The molecule has 24 heavy (non-hydrogen) atoms. The third-order valence-corrected chi connectivity index (χ3v) is 3.89. The van der Waals surface area contributed by atoms with Crippen LogP contribution in [-0.4, -0.2) is 17.5 Å². The number of aromatic amines is 1. The number of aromatic nitrogens is 1. The van der Waals surface area contributed by atoms with Gasteiger partial charge in [-0.25, -0.2) is 4.39 Å². The number of halogens is 1. The zero-order valence-electron chi connectivity index (χ0n) is 13.9. The summed E-state index contributed by atoms with van der Waals surface area (Å²) in [6.07, 6.45) is 2.59. The molecule has 3 rings (SSSR count). The molecule has 0 unspecified atom stereocenters. The van der Waals surface area contributed by atoms with Crippen molar-refractivity contribution < 1.29 is 4.39 Å². The number of nitrogens with one attached hydrogen (secondary N) is 2. The Hall–Kier alpha value is -2.82. The van der Waals surface area contributed by atoms with E-state index in [0.717, 1.165) is 22.2 Å². The average Bonchev–Trinajstić information content (AvgIpc) is 2.88. The van der Waals surface area contributed by atoms with Crippen LogP contribution >= 0.6 is 0 Å². The summed E-state index contributed by atoms with van der Waals surface area (Å²) >= 11 is 0. The highest BCUT2D eigenvalue weighted by Crippen LogP contribution is 2.20. The van der Waals surface area contributed by atoms with Crippen LogP contribution in [0, 0.1) is 19.7 Å². The van der Waals surface area contributed by atoms with Crippen molar-refractivity contribution in [2.45, 2.75) is 20.3 Å². The molecule has 0 amide bonds. The second-order valence-corrected chi connectivity index (χ2v) is 6.02. The van der Waals surface area contributed by atoms with Crippen LogP contribution in [0.25, 0.3) is 10.9 Å². The Morgan fingerprint density at radius 1 is 1.17 bits per heavy atom. The zero-order chi connectivity index (χ0) is 17.1. The molecule has 0 aliphatic rings. The standard InChI is InChI=1S/C19H21FN4/c1-12-7-13(2)9-16(8-12)24-19(21)22-6-5-14-11-23-18-4-3-15(20)10-17(14)18/h3-4,7-11,23H,5-6H2,1-2H3,(H3,21,22,24). The number of hydrogen-bond acceptors (Lipinski definition) is 1. The van der Waals surface area contributed by atoms with Crippen LogP contribution in [0.5, 0.6) is 0 Å². The Morgan fingerprint density at radius 3 is 2.67 bits per heavy atom. The quantitative estimate of drug-likeness (QED) is 0.503.